The van der Waals surface area contributed by atoms with E-state index in [1.165, 1.54) is 17.0 Å². The van der Waals surface area contributed by atoms with Gasteiger partial charge in [-0.3, -0.25) is 13.9 Å². The SMILES string of the molecule is CCNC(=O)C(Cc1ccccc1)N(Cc1cccc(OC)c1)C(=O)CN(c1ccc(C)cc1C)S(=O)(=O)c1ccccc1. The minimum atomic E-state index is -4.15. The molecule has 0 saturated heterocycles. The molecule has 44 heavy (non-hydrogen) atoms. The Morgan fingerprint density at radius 3 is 2.14 bits per heavy atom. The molecule has 4 aromatic carbocycles. The van der Waals surface area contributed by atoms with Gasteiger partial charge in [-0.05, 0) is 67.8 Å². The second kappa shape index (κ2) is 14.7. The number of amides is 2. The predicted octanol–water partition coefficient (Wildman–Crippen LogP) is 5.28. The highest BCUT2D eigenvalue weighted by Crippen LogP contribution is 2.28. The molecule has 0 fully saturated rings. The molecule has 4 aromatic rings. The average molecular weight is 614 g/mol. The highest BCUT2D eigenvalue weighted by Gasteiger charge is 2.35. The predicted molar refractivity (Wildman–Crippen MR) is 173 cm³/mol. The third kappa shape index (κ3) is 7.85. The van der Waals surface area contributed by atoms with Crippen molar-refractivity contribution < 1.29 is 22.7 Å². The van der Waals surface area contributed by atoms with Crippen molar-refractivity contribution in [3.05, 3.63) is 125 Å². The molecule has 4 rings (SSSR count). The number of ether oxygens (including phenoxy) is 1. The van der Waals surface area contributed by atoms with Gasteiger partial charge >= 0.3 is 0 Å². The van der Waals surface area contributed by atoms with Gasteiger partial charge in [-0.15, -0.1) is 0 Å². The van der Waals surface area contributed by atoms with Crippen molar-refractivity contribution in [1.29, 1.82) is 0 Å². The van der Waals surface area contributed by atoms with Crippen molar-refractivity contribution in [2.75, 3.05) is 24.5 Å². The molecule has 0 aliphatic rings. The second-order valence-corrected chi connectivity index (χ2v) is 12.5. The summed E-state index contributed by atoms with van der Waals surface area (Å²) in [6.45, 7) is 5.50. The minimum absolute atomic E-state index is 0.0662. The van der Waals surface area contributed by atoms with Gasteiger partial charge in [0.15, 0.2) is 0 Å². The van der Waals surface area contributed by atoms with Gasteiger partial charge in [-0.1, -0.05) is 78.4 Å². The van der Waals surface area contributed by atoms with Gasteiger partial charge in [0, 0.05) is 19.5 Å². The van der Waals surface area contributed by atoms with Gasteiger partial charge in [-0.2, -0.15) is 0 Å². The third-order valence-corrected chi connectivity index (χ3v) is 9.11. The second-order valence-electron chi connectivity index (χ2n) is 10.6. The first kappa shape index (κ1) is 32.3. The third-order valence-electron chi connectivity index (χ3n) is 7.34. The molecule has 1 N–H and O–H groups in total. The normalized spacial score (nSPS) is 11.8. The maximum absolute atomic E-state index is 14.5. The number of nitrogens with zero attached hydrogens (tertiary/aromatic N) is 2. The molecule has 230 valence electrons. The first-order chi connectivity index (χ1) is 21.1. The topological polar surface area (TPSA) is 96.0 Å². The minimum Gasteiger partial charge on any atom is -0.497 e. The van der Waals surface area contributed by atoms with Gasteiger partial charge in [-0.25, -0.2) is 8.42 Å². The van der Waals surface area contributed by atoms with Crippen LogP contribution in [0.3, 0.4) is 0 Å². The molecule has 0 radical (unpaired) electrons. The lowest BCUT2D eigenvalue weighted by Crippen LogP contribution is -2.53. The standard InChI is InChI=1S/C35H39N3O5S/c1-5-36-35(40)33(23-28-13-8-6-9-14-28)37(24-29-15-12-16-30(22-29)43-4)34(39)25-38(32-20-19-26(2)21-27(32)3)44(41,42)31-17-10-7-11-18-31/h6-22,33H,5,23-25H2,1-4H3,(H,36,40). The molecule has 0 aliphatic carbocycles. The molecule has 0 aromatic heterocycles. The Hall–Kier alpha value is -4.63. The molecule has 0 bridgehead atoms. The summed E-state index contributed by atoms with van der Waals surface area (Å²) in [6.07, 6.45) is 0.247. The van der Waals surface area contributed by atoms with E-state index in [2.05, 4.69) is 5.32 Å². The van der Waals surface area contributed by atoms with Gasteiger partial charge < -0.3 is 15.0 Å². The summed E-state index contributed by atoms with van der Waals surface area (Å²) >= 11 is 0. The number of sulfonamides is 1. The molecule has 1 atom stereocenters. The Morgan fingerprint density at radius 2 is 1.50 bits per heavy atom. The van der Waals surface area contributed by atoms with Crippen molar-refractivity contribution >= 4 is 27.5 Å². The number of anilines is 1. The summed E-state index contributed by atoms with van der Waals surface area (Å²) in [7, 11) is -2.59. The van der Waals surface area contributed by atoms with Crippen LogP contribution in [-0.2, 0) is 32.6 Å². The molecule has 2 amide bonds. The molecule has 0 spiro atoms. The maximum Gasteiger partial charge on any atom is 0.264 e. The average Bonchev–Trinajstić information content (AvgIpc) is 3.03. The maximum atomic E-state index is 14.5. The van der Waals surface area contributed by atoms with E-state index in [-0.39, 0.29) is 23.8 Å². The fourth-order valence-corrected chi connectivity index (χ4v) is 6.63. The monoisotopic (exact) mass is 613 g/mol. The summed E-state index contributed by atoms with van der Waals surface area (Å²) in [5, 5.41) is 2.88. The Balaban J connectivity index is 1.82. The number of nitrogens with one attached hydrogen (secondary N) is 1. The summed E-state index contributed by atoms with van der Waals surface area (Å²) in [4.78, 5) is 29.6. The first-order valence-electron chi connectivity index (χ1n) is 14.5. The van der Waals surface area contributed by atoms with E-state index in [4.69, 9.17) is 4.74 Å². The van der Waals surface area contributed by atoms with Gasteiger partial charge in [0.1, 0.15) is 18.3 Å². The van der Waals surface area contributed by atoms with Crippen LogP contribution in [0.1, 0.15) is 29.2 Å². The van der Waals surface area contributed by atoms with Crippen molar-refractivity contribution in [1.82, 2.24) is 10.2 Å². The van der Waals surface area contributed by atoms with Crippen molar-refractivity contribution in [3.63, 3.8) is 0 Å². The summed E-state index contributed by atoms with van der Waals surface area (Å²) < 4.78 is 34.8. The number of aryl methyl sites for hydroxylation is 2. The van der Waals surface area contributed by atoms with Crippen LogP contribution in [0.4, 0.5) is 5.69 Å². The number of methoxy groups -OCH3 is 1. The zero-order valence-corrected chi connectivity index (χ0v) is 26.4. The number of rotatable bonds is 13. The van der Waals surface area contributed by atoms with E-state index >= 15 is 0 Å². The lowest BCUT2D eigenvalue weighted by Gasteiger charge is -2.34. The smallest absolute Gasteiger partial charge is 0.264 e. The molecule has 9 heteroatoms. The Morgan fingerprint density at radius 1 is 0.841 bits per heavy atom. The number of likely N-dealkylation sites (N-methyl/N-ethyl adjacent to an activating group) is 1. The van der Waals surface area contributed by atoms with Crippen LogP contribution < -0.4 is 14.4 Å². The van der Waals surface area contributed by atoms with Crippen LogP contribution in [-0.4, -0.2) is 51.4 Å². The Bertz CT molecular complexity index is 1680. The van der Waals surface area contributed by atoms with Gasteiger partial charge in [0.05, 0.1) is 17.7 Å². The number of carbonyl (C=O) groups excluding carboxylic acids is 2. The largest absolute Gasteiger partial charge is 0.497 e. The van der Waals surface area contributed by atoms with Crippen LogP contribution in [0, 0.1) is 13.8 Å². The van der Waals surface area contributed by atoms with Gasteiger partial charge in [0.25, 0.3) is 10.0 Å². The molecule has 1 unspecified atom stereocenters. The van der Waals surface area contributed by atoms with Crippen molar-refractivity contribution in [2.45, 2.75) is 44.7 Å². The Kier molecular flexibility index (Phi) is 10.8. The highest BCUT2D eigenvalue weighted by atomic mass is 32.2. The fraction of sp³-hybridized carbons (Fsp3) is 0.257. The quantitative estimate of drug-likeness (QED) is 0.221. The molecular weight excluding hydrogens is 574 g/mol. The summed E-state index contributed by atoms with van der Waals surface area (Å²) in [6, 6.07) is 29.3. The summed E-state index contributed by atoms with van der Waals surface area (Å²) in [5.41, 5.74) is 3.68. The highest BCUT2D eigenvalue weighted by molar-refractivity contribution is 7.92. The zero-order valence-electron chi connectivity index (χ0n) is 25.6. The number of hydrogen-bond acceptors (Lipinski definition) is 5. The molecule has 0 saturated carbocycles. The van der Waals surface area contributed by atoms with E-state index < -0.39 is 28.5 Å². The van der Waals surface area contributed by atoms with Crippen LogP contribution in [0.25, 0.3) is 0 Å². The van der Waals surface area contributed by atoms with Crippen LogP contribution in [0.5, 0.6) is 5.75 Å². The van der Waals surface area contributed by atoms with Crippen LogP contribution in [0.15, 0.2) is 108 Å². The van der Waals surface area contributed by atoms with E-state index in [1.807, 2.05) is 75.4 Å². The van der Waals surface area contributed by atoms with Crippen molar-refractivity contribution in [3.8, 4) is 5.75 Å². The number of benzene rings is 4. The number of carbonyl (C=O) groups is 2. The Labute approximate surface area is 260 Å². The van der Waals surface area contributed by atoms with E-state index in [0.717, 1.165) is 21.0 Å². The number of hydrogen-bond donors (Lipinski definition) is 1. The lowest BCUT2D eigenvalue weighted by atomic mass is 10.0. The first-order valence-corrected chi connectivity index (χ1v) is 16.0. The lowest BCUT2D eigenvalue weighted by molar-refractivity contribution is -0.140. The zero-order chi connectivity index (χ0) is 31.7. The van der Waals surface area contributed by atoms with E-state index in [9.17, 15) is 18.0 Å². The summed E-state index contributed by atoms with van der Waals surface area (Å²) in [5.74, 6) is -0.229. The van der Waals surface area contributed by atoms with Crippen molar-refractivity contribution in [2.24, 2.45) is 0 Å². The molecule has 8 nitrogen and oxygen atoms in total. The van der Waals surface area contributed by atoms with E-state index in [1.54, 1.807) is 43.5 Å². The fourth-order valence-electron chi connectivity index (χ4n) is 5.13. The molecule has 0 heterocycles. The van der Waals surface area contributed by atoms with E-state index in [0.29, 0.717) is 23.5 Å². The molecule has 0 aliphatic heterocycles. The van der Waals surface area contributed by atoms with Crippen LogP contribution in [0.2, 0.25) is 0 Å². The molecular formula is C35H39N3O5S. The van der Waals surface area contributed by atoms with Crippen LogP contribution >= 0.6 is 0 Å². The van der Waals surface area contributed by atoms with Gasteiger partial charge in [0.2, 0.25) is 11.8 Å².